The minimum atomic E-state index is 0.199. The van der Waals surface area contributed by atoms with E-state index in [1.807, 2.05) is 18.2 Å². The maximum atomic E-state index is 12.2. The summed E-state index contributed by atoms with van der Waals surface area (Å²) < 4.78 is 0. The van der Waals surface area contributed by atoms with Crippen molar-refractivity contribution in [1.29, 1.82) is 0 Å². The predicted molar refractivity (Wildman–Crippen MR) is 81.2 cm³/mol. The molecule has 1 nitrogen and oxygen atoms in total. The number of benzene rings is 3. The van der Waals surface area contributed by atoms with Crippen LogP contribution in [0.5, 0.6) is 0 Å². The number of hydrogen-bond acceptors (Lipinski definition) is 1. The van der Waals surface area contributed by atoms with Crippen LogP contribution >= 0.6 is 0 Å². The van der Waals surface area contributed by atoms with Crippen LogP contribution in [0, 0.1) is 0 Å². The van der Waals surface area contributed by atoms with Gasteiger partial charge in [0.05, 0.1) is 0 Å². The predicted octanol–water partition coefficient (Wildman–Crippen LogP) is 4.56. The Morgan fingerprint density at radius 3 is 2.40 bits per heavy atom. The minimum Gasteiger partial charge on any atom is -0.294 e. The van der Waals surface area contributed by atoms with Crippen molar-refractivity contribution in [3.63, 3.8) is 0 Å². The fourth-order valence-electron chi connectivity index (χ4n) is 3.29. The van der Waals surface area contributed by atoms with Crippen LogP contribution in [0.4, 0.5) is 0 Å². The molecule has 20 heavy (non-hydrogen) atoms. The van der Waals surface area contributed by atoms with Gasteiger partial charge in [-0.15, -0.1) is 0 Å². The van der Waals surface area contributed by atoms with Crippen LogP contribution in [-0.4, -0.2) is 5.78 Å². The normalized spacial score (nSPS) is 17.4. The van der Waals surface area contributed by atoms with Crippen LogP contribution < -0.4 is 0 Å². The van der Waals surface area contributed by atoms with Crippen molar-refractivity contribution < 1.29 is 4.79 Å². The van der Waals surface area contributed by atoms with Crippen LogP contribution in [0.25, 0.3) is 10.8 Å². The Morgan fingerprint density at radius 2 is 1.45 bits per heavy atom. The van der Waals surface area contributed by atoms with Gasteiger partial charge in [-0.2, -0.15) is 0 Å². The van der Waals surface area contributed by atoms with Gasteiger partial charge in [-0.05, 0) is 21.9 Å². The summed E-state index contributed by atoms with van der Waals surface area (Å²) in [5, 5.41) is 2.49. The summed E-state index contributed by atoms with van der Waals surface area (Å²) in [6, 6.07) is 22.8. The highest BCUT2D eigenvalue weighted by atomic mass is 16.1. The first-order valence-corrected chi connectivity index (χ1v) is 6.94. The van der Waals surface area contributed by atoms with E-state index in [9.17, 15) is 4.79 Å². The van der Waals surface area contributed by atoms with Crippen LogP contribution in [0.15, 0.2) is 66.7 Å². The molecule has 0 fully saturated rings. The second-order valence-electron chi connectivity index (χ2n) is 5.34. The van der Waals surface area contributed by atoms with E-state index < -0.39 is 0 Å². The number of ketones is 1. The Labute approximate surface area is 117 Å². The van der Waals surface area contributed by atoms with Gasteiger partial charge in [-0.3, -0.25) is 4.79 Å². The highest BCUT2D eigenvalue weighted by Gasteiger charge is 2.30. The van der Waals surface area contributed by atoms with Gasteiger partial charge in [0.1, 0.15) is 0 Å². The molecule has 0 heterocycles. The lowest BCUT2D eigenvalue weighted by Crippen LogP contribution is -1.97. The van der Waals surface area contributed by atoms with Gasteiger partial charge in [-0.1, -0.05) is 66.7 Å². The maximum absolute atomic E-state index is 12.2. The first kappa shape index (κ1) is 11.4. The summed E-state index contributed by atoms with van der Waals surface area (Å²) in [7, 11) is 0. The van der Waals surface area contributed by atoms with Crippen LogP contribution in [0.3, 0.4) is 0 Å². The van der Waals surface area contributed by atoms with Gasteiger partial charge in [0.15, 0.2) is 5.78 Å². The van der Waals surface area contributed by atoms with Gasteiger partial charge >= 0.3 is 0 Å². The highest BCUT2D eigenvalue weighted by Crippen LogP contribution is 2.40. The molecule has 4 rings (SSSR count). The van der Waals surface area contributed by atoms with E-state index in [1.165, 1.54) is 21.9 Å². The van der Waals surface area contributed by atoms with Crippen LogP contribution in [-0.2, 0) is 0 Å². The van der Waals surface area contributed by atoms with Gasteiger partial charge in [-0.25, -0.2) is 0 Å². The summed E-state index contributed by atoms with van der Waals surface area (Å²) in [5.74, 6) is 0.461. The van der Waals surface area contributed by atoms with Crippen molar-refractivity contribution in [1.82, 2.24) is 0 Å². The lowest BCUT2D eigenvalue weighted by Gasteiger charge is -2.14. The number of Topliss-reactive ketones (excluding diaryl/α,β-unsaturated/α-hetero) is 1. The number of hydrogen-bond donors (Lipinski definition) is 0. The molecule has 0 saturated carbocycles. The van der Waals surface area contributed by atoms with Crippen molar-refractivity contribution in [3.05, 3.63) is 83.4 Å². The number of carbonyl (C=O) groups excluding carboxylic acids is 1. The average molecular weight is 258 g/mol. The van der Waals surface area contributed by atoms with E-state index in [1.54, 1.807) is 0 Å². The Balaban J connectivity index is 1.96. The van der Waals surface area contributed by atoms with E-state index in [-0.39, 0.29) is 11.7 Å². The third-order valence-corrected chi connectivity index (χ3v) is 4.22. The SMILES string of the molecule is O=C1CC(c2cccc3ccccc23)c2ccccc21. The zero-order valence-corrected chi connectivity index (χ0v) is 11.0. The summed E-state index contributed by atoms with van der Waals surface area (Å²) in [4.78, 5) is 12.2. The zero-order chi connectivity index (χ0) is 13.5. The van der Waals surface area contributed by atoms with Gasteiger partial charge in [0.25, 0.3) is 0 Å². The Morgan fingerprint density at radius 1 is 0.750 bits per heavy atom. The standard InChI is InChI=1S/C19H14O/c20-19-12-18(16-9-3-4-10-17(16)19)15-11-5-7-13-6-1-2-8-14(13)15/h1-11,18H,12H2. The second-order valence-corrected chi connectivity index (χ2v) is 5.34. The van der Waals surface area contributed by atoms with Crippen LogP contribution in [0.2, 0.25) is 0 Å². The van der Waals surface area contributed by atoms with Crippen LogP contribution in [0.1, 0.15) is 33.8 Å². The Kier molecular flexibility index (Phi) is 2.46. The molecule has 0 bridgehead atoms. The molecule has 0 radical (unpaired) electrons. The molecule has 1 unspecified atom stereocenters. The Hall–Kier alpha value is -2.41. The van der Waals surface area contributed by atoms with E-state index >= 15 is 0 Å². The average Bonchev–Trinajstić information content (AvgIpc) is 2.84. The molecule has 1 aliphatic carbocycles. The molecule has 0 saturated heterocycles. The summed E-state index contributed by atoms with van der Waals surface area (Å²) in [5.41, 5.74) is 3.33. The van der Waals surface area contributed by atoms with Crippen molar-refractivity contribution in [3.8, 4) is 0 Å². The molecule has 1 heteroatoms. The van der Waals surface area contributed by atoms with Gasteiger partial charge < -0.3 is 0 Å². The minimum absolute atomic E-state index is 0.199. The Bertz CT molecular complexity index is 811. The van der Waals surface area contributed by atoms with Crippen molar-refractivity contribution >= 4 is 16.6 Å². The van der Waals surface area contributed by atoms with Gasteiger partial charge in [0.2, 0.25) is 0 Å². The summed E-state index contributed by atoms with van der Waals surface area (Å²) >= 11 is 0. The maximum Gasteiger partial charge on any atom is 0.164 e. The van der Waals surface area contributed by atoms with Gasteiger partial charge in [0, 0.05) is 17.9 Å². The topological polar surface area (TPSA) is 17.1 Å². The third-order valence-electron chi connectivity index (χ3n) is 4.22. The molecule has 3 aromatic carbocycles. The zero-order valence-electron chi connectivity index (χ0n) is 11.0. The van der Waals surface area contributed by atoms with E-state index in [0.717, 1.165) is 5.56 Å². The number of rotatable bonds is 1. The number of carbonyl (C=O) groups is 1. The highest BCUT2D eigenvalue weighted by molar-refractivity contribution is 6.02. The second kappa shape index (κ2) is 4.31. The lowest BCUT2D eigenvalue weighted by molar-refractivity contribution is 0.0991. The molecular formula is C19H14O. The molecule has 3 aromatic rings. The summed E-state index contributed by atoms with van der Waals surface area (Å²) in [6.45, 7) is 0. The quantitative estimate of drug-likeness (QED) is 0.625. The molecule has 0 N–H and O–H groups in total. The largest absolute Gasteiger partial charge is 0.294 e. The third kappa shape index (κ3) is 1.60. The fraction of sp³-hybridized carbons (Fsp3) is 0.105. The number of fused-ring (bicyclic) bond motifs is 2. The van der Waals surface area contributed by atoms with Crippen molar-refractivity contribution in [2.24, 2.45) is 0 Å². The molecular weight excluding hydrogens is 244 g/mol. The fourth-order valence-corrected chi connectivity index (χ4v) is 3.29. The van der Waals surface area contributed by atoms with E-state index in [0.29, 0.717) is 6.42 Å². The van der Waals surface area contributed by atoms with E-state index in [4.69, 9.17) is 0 Å². The monoisotopic (exact) mass is 258 g/mol. The first-order valence-electron chi connectivity index (χ1n) is 6.94. The molecule has 96 valence electrons. The lowest BCUT2D eigenvalue weighted by atomic mass is 9.89. The van der Waals surface area contributed by atoms with Crippen molar-refractivity contribution in [2.75, 3.05) is 0 Å². The van der Waals surface area contributed by atoms with Crippen molar-refractivity contribution in [2.45, 2.75) is 12.3 Å². The molecule has 0 aromatic heterocycles. The smallest absolute Gasteiger partial charge is 0.164 e. The molecule has 1 aliphatic rings. The molecule has 0 aliphatic heterocycles. The molecule has 0 amide bonds. The first-order chi connectivity index (χ1) is 9.84. The molecule has 1 atom stereocenters. The molecule has 0 spiro atoms. The van der Waals surface area contributed by atoms with E-state index in [2.05, 4.69) is 48.5 Å². The summed E-state index contributed by atoms with van der Waals surface area (Å²) in [6.07, 6.45) is 0.591.